The van der Waals surface area contributed by atoms with Crippen molar-refractivity contribution < 1.29 is 9.53 Å². The predicted molar refractivity (Wildman–Crippen MR) is 83.6 cm³/mol. The summed E-state index contributed by atoms with van der Waals surface area (Å²) in [7, 11) is 0. The van der Waals surface area contributed by atoms with Gasteiger partial charge in [0.15, 0.2) is 5.54 Å². The molecule has 0 radical (unpaired) electrons. The molecule has 4 nitrogen and oxygen atoms in total. The van der Waals surface area contributed by atoms with E-state index in [1.807, 2.05) is 31.2 Å². The third-order valence-corrected chi connectivity index (χ3v) is 4.82. The molecule has 3 heterocycles. The number of nitrogens with zero attached hydrogens (tertiary/aromatic N) is 1. The largest absolute Gasteiger partial charge is 0.464 e. The van der Waals surface area contributed by atoms with Crippen LogP contribution in [0.4, 0.5) is 5.69 Å². The first-order valence-electron chi connectivity index (χ1n) is 7.57. The Labute approximate surface area is 130 Å². The van der Waals surface area contributed by atoms with Crippen molar-refractivity contribution in [1.82, 2.24) is 4.90 Å². The number of nitrogens with one attached hydrogen (secondary N) is 1. The molecule has 3 fully saturated rings. The van der Waals surface area contributed by atoms with Gasteiger partial charge in [-0.25, -0.2) is 4.79 Å². The van der Waals surface area contributed by atoms with E-state index in [0.29, 0.717) is 24.1 Å². The number of benzene rings is 1. The van der Waals surface area contributed by atoms with E-state index < -0.39 is 5.54 Å². The van der Waals surface area contributed by atoms with Crippen LogP contribution < -0.4 is 5.32 Å². The molecule has 3 aliphatic heterocycles. The Kier molecular flexibility index (Phi) is 4.09. The van der Waals surface area contributed by atoms with Gasteiger partial charge >= 0.3 is 5.97 Å². The standard InChI is InChI=1S/C16H21ClN2O2/c1-2-21-15(20)16(11-19-8-6-12(16)7-9-19)18-14-5-3-4-13(17)10-14/h3-5,10,12,18H,2,6-9,11H2,1H3. The number of piperidine rings is 3. The van der Waals surface area contributed by atoms with E-state index in [1.165, 1.54) is 0 Å². The lowest BCUT2D eigenvalue weighted by molar-refractivity contribution is -0.155. The van der Waals surface area contributed by atoms with Crippen LogP contribution in [0.25, 0.3) is 0 Å². The fourth-order valence-electron chi connectivity index (χ4n) is 3.57. The van der Waals surface area contributed by atoms with E-state index in [4.69, 9.17) is 16.3 Å². The predicted octanol–water partition coefficient (Wildman–Crippen LogP) is 2.78. The average Bonchev–Trinajstić information content (AvgIpc) is 2.48. The summed E-state index contributed by atoms with van der Waals surface area (Å²) >= 11 is 6.06. The molecule has 0 aromatic heterocycles. The number of ether oxygens (including phenoxy) is 1. The maximum Gasteiger partial charge on any atom is 0.333 e. The van der Waals surface area contributed by atoms with Gasteiger partial charge in [-0.15, -0.1) is 0 Å². The van der Waals surface area contributed by atoms with Gasteiger partial charge in [-0.2, -0.15) is 0 Å². The molecule has 21 heavy (non-hydrogen) atoms. The average molecular weight is 309 g/mol. The molecule has 0 aliphatic carbocycles. The first kappa shape index (κ1) is 14.7. The highest BCUT2D eigenvalue weighted by molar-refractivity contribution is 6.30. The van der Waals surface area contributed by atoms with Gasteiger partial charge in [-0.1, -0.05) is 17.7 Å². The van der Waals surface area contributed by atoms with Crippen molar-refractivity contribution in [3.05, 3.63) is 29.3 Å². The summed E-state index contributed by atoms with van der Waals surface area (Å²) in [5.74, 6) is 0.180. The second-order valence-electron chi connectivity index (χ2n) is 5.88. The Morgan fingerprint density at radius 3 is 2.81 bits per heavy atom. The van der Waals surface area contributed by atoms with Crippen LogP contribution in [-0.2, 0) is 9.53 Å². The van der Waals surface area contributed by atoms with Crippen molar-refractivity contribution in [2.45, 2.75) is 25.3 Å². The second-order valence-corrected chi connectivity index (χ2v) is 6.31. The summed E-state index contributed by atoms with van der Waals surface area (Å²) in [5, 5.41) is 4.12. The van der Waals surface area contributed by atoms with Crippen LogP contribution in [0.1, 0.15) is 19.8 Å². The van der Waals surface area contributed by atoms with Gasteiger partial charge in [0.25, 0.3) is 0 Å². The van der Waals surface area contributed by atoms with Crippen molar-refractivity contribution in [3.8, 4) is 0 Å². The second kappa shape index (κ2) is 5.85. The van der Waals surface area contributed by atoms with Gasteiger partial charge in [0.2, 0.25) is 0 Å². The Morgan fingerprint density at radius 1 is 1.48 bits per heavy atom. The Balaban J connectivity index is 1.91. The number of hydrogen-bond donors (Lipinski definition) is 1. The van der Waals surface area contributed by atoms with E-state index in [0.717, 1.165) is 31.6 Å². The van der Waals surface area contributed by atoms with Gasteiger partial charge in [-0.3, -0.25) is 0 Å². The van der Waals surface area contributed by atoms with Gasteiger partial charge in [0, 0.05) is 17.3 Å². The quantitative estimate of drug-likeness (QED) is 0.869. The molecule has 4 rings (SSSR count). The van der Waals surface area contributed by atoms with Crippen molar-refractivity contribution in [2.24, 2.45) is 5.92 Å². The lowest BCUT2D eigenvalue weighted by Gasteiger charge is -2.52. The maximum absolute atomic E-state index is 12.7. The molecule has 0 spiro atoms. The van der Waals surface area contributed by atoms with Gasteiger partial charge in [0.1, 0.15) is 0 Å². The molecular weight excluding hydrogens is 288 g/mol. The molecular formula is C16H21ClN2O2. The maximum atomic E-state index is 12.7. The fourth-order valence-corrected chi connectivity index (χ4v) is 3.76. The highest BCUT2D eigenvalue weighted by atomic mass is 35.5. The van der Waals surface area contributed by atoms with Crippen molar-refractivity contribution in [2.75, 3.05) is 31.6 Å². The van der Waals surface area contributed by atoms with Crippen LogP contribution in [0.5, 0.6) is 0 Å². The van der Waals surface area contributed by atoms with Crippen molar-refractivity contribution >= 4 is 23.3 Å². The van der Waals surface area contributed by atoms with E-state index in [2.05, 4.69) is 10.2 Å². The van der Waals surface area contributed by atoms with Crippen LogP contribution in [0.2, 0.25) is 5.02 Å². The zero-order valence-electron chi connectivity index (χ0n) is 12.3. The third kappa shape index (κ3) is 2.74. The Hall–Kier alpha value is -1.26. The minimum Gasteiger partial charge on any atom is -0.464 e. The monoisotopic (exact) mass is 308 g/mol. The fraction of sp³-hybridized carbons (Fsp3) is 0.562. The summed E-state index contributed by atoms with van der Waals surface area (Å²) in [6, 6.07) is 7.54. The smallest absolute Gasteiger partial charge is 0.333 e. The topological polar surface area (TPSA) is 41.6 Å². The van der Waals surface area contributed by atoms with Crippen molar-refractivity contribution in [1.29, 1.82) is 0 Å². The summed E-state index contributed by atoms with van der Waals surface area (Å²) in [4.78, 5) is 15.0. The first-order valence-corrected chi connectivity index (χ1v) is 7.95. The van der Waals surface area contributed by atoms with Crippen LogP contribution in [0.15, 0.2) is 24.3 Å². The molecule has 1 unspecified atom stereocenters. The molecule has 1 atom stereocenters. The zero-order valence-corrected chi connectivity index (χ0v) is 13.0. The zero-order chi connectivity index (χ0) is 14.9. The van der Waals surface area contributed by atoms with Gasteiger partial charge in [-0.05, 0) is 57.0 Å². The minimum absolute atomic E-state index is 0.139. The van der Waals surface area contributed by atoms with Gasteiger partial charge in [0.05, 0.1) is 6.61 Å². The number of esters is 1. The Morgan fingerprint density at radius 2 is 2.24 bits per heavy atom. The minimum atomic E-state index is -0.642. The molecule has 5 heteroatoms. The lowest BCUT2D eigenvalue weighted by Crippen LogP contribution is -2.67. The SMILES string of the molecule is CCOC(=O)C1(Nc2cccc(Cl)c2)CN2CCC1CC2. The molecule has 3 saturated heterocycles. The highest BCUT2D eigenvalue weighted by Crippen LogP contribution is 2.39. The molecule has 3 aliphatic rings. The molecule has 0 saturated carbocycles. The number of rotatable bonds is 4. The number of hydrogen-bond acceptors (Lipinski definition) is 4. The van der Waals surface area contributed by atoms with E-state index in [1.54, 1.807) is 0 Å². The van der Waals surface area contributed by atoms with E-state index in [-0.39, 0.29) is 5.97 Å². The first-order chi connectivity index (χ1) is 10.1. The van der Waals surface area contributed by atoms with Gasteiger partial charge < -0.3 is 15.0 Å². The van der Waals surface area contributed by atoms with Crippen molar-refractivity contribution in [3.63, 3.8) is 0 Å². The van der Waals surface area contributed by atoms with Crippen LogP contribution in [0.3, 0.4) is 0 Å². The number of carbonyl (C=O) groups is 1. The highest BCUT2D eigenvalue weighted by Gasteiger charge is 2.53. The molecule has 1 N–H and O–H groups in total. The van der Waals surface area contributed by atoms with E-state index >= 15 is 0 Å². The molecule has 114 valence electrons. The normalized spacial score (nSPS) is 31.0. The molecule has 1 aromatic rings. The summed E-state index contributed by atoms with van der Waals surface area (Å²) in [6.45, 7) is 5.12. The number of fused-ring (bicyclic) bond motifs is 3. The number of anilines is 1. The molecule has 2 bridgehead atoms. The number of halogens is 1. The molecule has 0 amide bonds. The van der Waals surface area contributed by atoms with Crippen LogP contribution >= 0.6 is 11.6 Å². The summed E-state index contributed by atoms with van der Waals surface area (Å²) < 4.78 is 5.38. The third-order valence-electron chi connectivity index (χ3n) is 4.59. The number of carbonyl (C=O) groups excluding carboxylic acids is 1. The molecule has 1 aromatic carbocycles. The summed E-state index contributed by atoms with van der Waals surface area (Å²) in [5.41, 5.74) is 0.237. The van der Waals surface area contributed by atoms with Crippen LogP contribution in [0, 0.1) is 5.92 Å². The van der Waals surface area contributed by atoms with E-state index in [9.17, 15) is 4.79 Å². The lowest BCUT2D eigenvalue weighted by atomic mass is 9.72. The van der Waals surface area contributed by atoms with Crippen LogP contribution in [-0.4, -0.2) is 42.6 Å². The summed E-state index contributed by atoms with van der Waals surface area (Å²) in [6.07, 6.45) is 2.07. The Bertz CT molecular complexity index is 529.